The van der Waals surface area contributed by atoms with Gasteiger partial charge in [-0.2, -0.15) is 0 Å². The van der Waals surface area contributed by atoms with Crippen LogP contribution < -0.4 is 5.32 Å². The fourth-order valence-corrected chi connectivity index (χ4v) is 2.49. The highest BCUT2D eigenvalue weighted by molar-refractivity contribution is 9.10. The summed E-state index contributed by atoms with van der Waals surface area (Å²) in [7, 11) is 0. The number of carbonyl (C=O) groups excluding carboxylic acids is 1. The maximum Gasteiger partial charge on any atom is 0.129 e. The standard InChI is InChI=1S/C9H7BrClNO/c10-8-2-6(11)1-7-5(4-13)3-12-9(7)8/h1-2,4-5,12H,3H2. The summed E-state index contributed by atoms with van der Waals surface area (Å²) in [4.78, 5) is 10.7. The average Bonchev–Trinajstić information content (AvgIpc) is 2.47. The zero-order valence-corrected chi connectivity index (χ0v) is 9.02. The van der Waals surface area contributed by atoms with E-state index in [0.29, 0.717) is 11.6 Å². The first-order chi connectivity index (χ1) is 6.22. The molecule has 0 amide bonds. The Morgan fingerprint density at radius 2 is 2.38 bits per heavy atom. The van der Waals surface area contributed by atoms with E-state index in [-0.39, 0.29) is 5.92 Å². The molecule has 2 rings (SSSR count). The van der Waals surface area contributed by atoms with Crippen LogP contribution in [0.1, 0.15) is 11.5 Å². The highest BCUT2D eigenvalue weighted by Gasteiger charge is 2.23. The summed E-state index contributed by atoms with van der Waals surface area (Å²) in [5.41, 5.74) is 1.97. The Morgan fingerprint density at radius 1 is 1.62 bits per heavy atom. The molecular formula is C9H7BrClNO. The SMILES string of the molecule is O=CC1CNc2c(Br)cc(Cl)cc21. The van der Waals surface area contributed by atoms with Gasteiger partial charge in [0.05, 0.1) is 11.6 Å². The molecule has 1 aliphatic rings. The van der Waals surface area contributed by atoms with Crippen LogP contribution in [0.4, 0.5) is 5.69 Å². The molecule has 1 atom stereocenters. The van der Waals surface area contributed by atoms with Gasteiger partial charge in [0.15, 0.2) is 0 Å². The number of halogens is 2. The van der Waals surface area contributed by atoms with Gasteiger partial charge in [-0.1, -0.05) is 11.6 Å². The Balaban J connectivity index is 2.57. The number of carbonyl (C=O) groups is 1. The first kappa shape index (κ1) is 9.03. The van der Waals surface area contributed by atoms with Crippen LogP contribution in [0.2, 0.25) is 5.02 Å². The van der Waals surface area contributed by atoms with Crippen LogP contribution >= 0.6 is 27.5 Å². The molecule has 1 aromatic rings. The van der Waals surface area contributed by atoms with E-state index in [4.69, 9.17) is 11.6 Å². The van der Waals surface area contributed by atoms with Gasteiger partial charge in [0.2, 0.25) is 0 Å². The van der Waals surface area contributed by atoms with E-state index in [9.17, 15) is 4.79 Å². The smallest absolute Gasteiger partial charge is 0.129 e. The Morgan fingerprint density at radius 3 is 3.08 bits per heavy atom. The predicted octanol–water partition coefficient (Wildman–Crippen LogP) is 2.81. The minimum atomic E-state index is -0.0648. The lowest BCUT2D eigenvalue weighted by Crippen LogP contribution is -2.02. The van der Waals surface area contributed by atoms with Crippen molar-refractivity contribution in [1.82, 2.24) is 0 Å². The van der Waals surface area contributed by atoms with Crippen molar-refractivity contribution < 1.29 is 4.79 Å². The molecule has 1 aromatic carbocycles. The van der Waals surface area contributed by atoms with Gasteiger partial charge in [-0.05, 0) is 33.6 Å². The number of benzene rings is 1. The van der Waals surface area contributed by atoms with Gasteiger partial charge in [-0.15, -0.1) is 0 Å². The zero-order chi connectivity index (χ0) is 9.42. The van der Waals surface area contributed by atoms with Gasteiger partial charge in [0.25, 0.3) is 0 Å². The first-order valence-corrected chi connectivity index (χ1v) is 5.07. The maximum absolute atomic E-state index is 10.7. The summed E-state index contributed by atoms with van der Waals surface area (Å²) in [5.74, 6) is -0.0648. The van der Waals surface area contributed by atoms with Crippen molar-refractivity contribution in [3.05, 3.63) is 27.2 Å². The molecule has 68 valence electrons. The number of hydrogen-bond donors (Lipinski definition) is 1. The van der Waals surface area contributed by atoms with Crippen LogP contribution in [-0.4, -0.2) is 12.8 Å². The van der Waals surface area contributed by atoms with Crippen LogP contribution in [-0.2, 0) is 4.79 Å². The van der Waals surface area contributed by atoms with Crippen molar-refractivity contribution in [2.24, 2.45) is 0 Å². The van der Waals surface area contributed by atoms with E-state index >= 15 is 0 Å². The van der Waals surface area contributed by atoms with Gasteiger partial charge < -0.3 is 10.1 Å². The quantitative estimate of drug-likeness (QED) is 0.787. The van der Waals surface area contributed by atoms with Gasteiger partial charge in [-0.3, -0.25) is 0 Å². The zero-order valence-electron chi connectivity index (χ0n) is 6.68. The first-order valence-electron chi connectivity index (χ1n) is 3.90. The van der Waals surface area contributed by atoms with Crippen molar-refractivity contribution in [3.8, 4) is 0 Å². The van der Waals surface area contributed by atoms with Gasteiger partial charge in [0.1, 0.15) is 6.29 Å². The Hall–Kier alpha value is -0.540. The second-order valence-electron chi connectivity index (χ2n) is 2.98. The van der Waals surface area contributed by atoms with E-state index in [0.717, 1.165) is 22.0 Å². The molecule has 13 heavy (non-hydrogen) atoms. The van der Waals surface area contributed by atoms with Crippen LogP contribution in [0, 0.1) is 0 Å². The van der Waals surface area contributed by atoms with E-state index in [1.54, 1.807) is 0 Å². The summed E-state index contributed by atoms with van der Waals surface area (Å²) in [6.45, 7) is 0.664. The van der Waals surface area contributed by atoms with E-state index in [2.05, 4.69) is 21.2 Å². The molecule has 0 saturated heterocycles. The lowest BCUT2D eigenvalue weighted by Gasteiger charge is -2.04. The van der Waals surface area contributed by atoms with Crippen LogP contribution in [0.25, 0.3) is 0 Å². The molecule has 2 nitrogen and oxygen atoms in total. The number of hydrogen-bond acceptors (Lipinski definition) is 2. The number of anilines is 1. The maximum atomic E-state index is 10.7. The second kappa shape index (κ2) is 3.31. The Labute approximate surface area is 89.4 Å². The lowest BCUT2D eigenvalue weighted by atomic mass is 10.0. The third kappa shape index (κ3) is 1.46. The minimum absolute atomic E-state index is 0.0648. The largest absolute Gasteiger partial charge is 0.383 e. The minimum Gasteiger partial charge on any atom is -0.383 e. The monoisotopic (exact) mass is 259 g/mol. The molecule has 1 aliphatic heterocycles. The molecule has 0 saturated carbocycles. The van der Waals surface area contributed by atoms with Crippen LogP contribution in [0.5, 0.6) is 0 Å². The molecule has 4 heteroatoms. The van der Waals surface area contributed by atoms with Gasteiger partial charge >= 0.3 is 0 Å². The molecule has 0 fully saturated rings. The Bertz CT molecular complexity index is 367. The van der Waals surface area contributed by atoms with Crippen molar-refractivity contribution >= 4 is 39.5 Å². The highest BCUT2D eigenvalue weighted by Crippen LogP contribution is 2.38. The van der Waals surface area contributed by atoms with Gasteiger partial charge in [0, 0.05) is 16.0 Å². The fourth-order valence-electron chi connectivity index (χ4n) is 1.52. The van der Waals surface area contributed by atoms with Crippen molar-refractivity contribution in [3.63, 3.8) is 0 Å². The molecule has 0 bridgehead atoms. The van der Waals surface area contributed by atoms with Gasteiger partial charge in [-0.25, -0.2) is 0 Å². The lowest BCUT2D eigenvalue weighted by molar-refractivity contribution is -0.108. The van der Waals surface area contributed by atoms with Crippen LogP contribution in [0.15, 0.2) is 16.6 Å². The molecule has 1 unspecified atom stereocenters. The summed E-state index contributed by atoms with van der Waals surface area (Å²) in [6, 6.07) is 3.65. The summed E-state index contributed by atoms with van der Waals surface area (Å²) in [5, 5.41) is 3.81. The van der Waals surface area contributed by atoms with Crippen LogP contribution in [0.3, 0.4) is 0 Å². The van der Waals surface area contributed by atoms with E-state index in [1.165, 1.54) is 0 Å². The van der Waals surface area contributed by atoms with Crippen molar-refractivity contribution in [1.29, 1.82) is 0 Å². The van der Waals surface area contributed by atoms with Crippen molar-refractivity contribution in [2.75, 3.05) is 11.9 Å². The molecule has 0 spiro atoms. The predicted molar refractivity (Wildman–Crippen MR) is 56.4 cm³/mol. The molecule has 0 aromatic heterocycles. The summed E-state index contributed by atoms with van der Waals surface area (Å²) >= 11 is 9.27. The number of nitrogens with one attached hydrogen (secondary N) is 1. The fraction of sp³-hybridized carbons (Fsp3) is 0.222. The van der Waals surface area contributed by atoms with E-state index in [1.807, 2.05) is 12.1 Å². The molecule has 1 heterocycles. The van der Waals surface area contributed by atoms with E-state index < -0.39 is 0 Å². The topological polar surface area (TPSA) is 29.1 Å². The second-order valence-corrected chi connectivity index (χ2v) is 4.27. The molecular weight excluding hydrogens is 253 g/mol. The molecule has 1 N–H and O–H groups in total. The third-order valence-corrected chi connectivity index (χ3v) is 2.99. The number of rotatable bonds is 1. The van der Waals surface area contributed by atoms with Crippen molar-refractivity contribution in [2.45, 2.75) is 5.92 Å². The summed E-state index contributed by atoms with van der Waals surface area (Å²) in [6.07, 6.45) is 0.946. The summed E-state index contributed by atoms with van der Waals surface area (Å²) < 4.78 is 0.916. The number of fused-ring (bicyclic) bond motifs is 1. The number of aldehydes is 1. The molecule has 0 aliphatic carbocycles. The normalized spacial score (nSPS) is 19.4. The third-order valence-electron chi connectivity index (χ3n) is 2.15. The average molecular weight is 261 g/mol. The Kier molecular flexibility index (Phi) is 2.30. The molecule has 0 radical (unpaired) electrons. The highest BCUT2D eigenvalue weighted by atomic mass is 79.9.